The van der Waals surface area contributed by atoms with Crippen LogP contribution in [0, 0.1) is 11.6 Å². The molecule has 0 spiro atoms. The summed E-state index contributed by atoms with van der Waals surface area (Å²) in [7, 11) is 0. The van der Waals surface area contributed by atoms with Crippen molar-refractivity contribution in [3.05, 3.63) is 51.6 Å². The molecule has 2 aromatic rings. The lowest BCUT2D eigenvalue weighted by atomic mass is 10.0. The van der Waals surface area contributed by atoms with Crippen molar-refractivity contribution in [3.8, 4) is 0 Å². The quantitative estimate of drug-likeness (QED) is 0.252. The third-order valence-corrected chi connectivity index (χ3v) is 5.23. The Labute approximate surface area is 229 Å². The van der Waals surface area contributed by atoms with Crippen LogP contribution in [-0.2, 0) is 25.5 Å². The zero-order valence-electron chi connectivity index (χ0n) is 21.3. The molecule has 0 unspecified atom stereocenters. The van der Waals surface area contributed by atoms with Gasteiger partial charge < -0.3 is 25.4 Å². The normalized spacial score (nSPS) is 12.4. The monoisotopic (exact) mass is 624 g/mol. The van der Waals surface area contributed by atoms with Crippen molar-refractivity contribution >= 4 is 45.4 Å². The van der Waals surface area contributed by atoms with Gasteiger partial charge in [0.25, 0.3) is 0 Å². The fourth-order valence-corrected chi connectivity index (χ4v) is 3.76. The first-order valence-electron chi connectivity index (χ1n) is 11.4. The van der Waals surface area contributed by atoms with Gasteiger partial charge in [0.15, 0.2) is 5.82 Å². The first kappa shape index (κ1) is 31.7. The number of ether oxygens (including phenoxy) is 2. The Morgan fingerprint density at radius 2 is 1.67 bits per heavy atom. The molecule has 214 valence electrons. The smallest absolute Gasteiger partial charge is 0.465 e. The summed E-state index contributed by atoms with van der Waals surface area (Å²) in [5.41, 5.74) is -1.28. The molecule has 3 N–H and O–H groups in total. The van der Waals surface area contributed by atoms with Gasteiger partial charge in [0.05, 0.1) is 24.0 Å². The maximum absolute atomic E-state index is 13.9. The summed E-state index contributed by atoms with van der Waals surface area (Å²) in [6.07, 6.45) is -6.38. The Kier molecular flexibility index (Phi) is 10.6. The zero-order valence-corrected chi connectivity index (χ0v) is 22.9. The van der Waals surface area contributed by atoms with Gasteiger partial charge in [-0.25, -0.2) is 18.6 Å². The zero-order chi connectivity index (χ0) is 29.5. The molecule has 1 atom stereocenters. The van der Waals surface area contributed by atoms with Crippen LogP contribution in [0.4, 0.5) is 38.3 Å². The summed E-state index contributed by atoms with van der Waals surface area (Å²) in [6.45, 7) is 5.86. The fraction of sp³-hybridized carbons (Fsp3) is 0.417. The lowest BCUT2D eigenvalue weighted by molar-refractivity contribution is -0.167. The maximum atomic E-state index is 13.9. The van der Waals surface area contributed by atoms with Crippen LogP contribution >= 0.6 is 15.9 Å². The number of benzene rings is 1. The van der Waals surface area contributed by atoms with Crippen molar-refractivity contribution in [1.29, 1.82) is 0 Å². The van der Waals surface area contributed by atoms with E-state index in [9.17, 15) is 36.3 Å². The molecule has 2 rings (SSSR count). The number of carbonyl (C=O) groups excluding carboxylic acids is 3. The number of amides is 2. The predicted molar refractivity (Wildman–Crippen MR) is 134 cm³/mol. The van der Waals surface area contributed by atoms with Crippen molar-refractivity contribution in [2.75, 3.05) is 23.8 Å². The van der Waals surface area contributed by atoms with Crippen LogP contribution in [0.1, 0.15) is 45.0 Å². The molecular weight excluding hydrogens is 599 g/mol. The molecule has 9 nitrogen and oxygen atoms in total. The van der Waals surface area contributed by atoms with Gasteiger partial charge in [0.1, 0.15) is 23.8 Å². The average Bonchev–Trinajstić information content (AvgIpc) is 2.75. The average molecular weight is 625 g/mol. The highest BCUT2D eigenvalue weighted by atomic mass is 79.9. The van der Waals surface area contributed by atoms with Crippen molar-refractivity contribution in [2.24, 2.45) is 0 Å². The van der Waals surface area contributed by atoms with Crippen molar-refractivity contribution in [1.82, 2.24) is 10.3 Å². The SMILES string of the molecule is CCOC(=O)CNc1nc([C@H](Cc2cc(F)cc(F)c2)NC(=O)OC(C)(C)C)c(Br)cc1NC(=O)C(F)(F)F. The fourth-order valence-electron chi connectivity index (χ4n) is 3.17. The van der Waals surface area contributed by atoms with Gasteiger partial charge in [-0.05, 0) is 73.8 Å². The van der Waals surface area contributed by atoms with E-state index in [0.29, 0.717) is 6.07 Å². The third kappa shape index (κ3) is 10.3. The van der Waals surface area contributed by atoms with Crippen LogP contribution in [0.2, 0.25) is 0 Å². The van der Waals surface area contributed by atoms with Crippen LogP contribution in [-0.4, -0.2) is 47.9 Å². The molecule has 15 heteroatoms. The summed E-state index contributed by atoms with van der Waals surface area (Å²) in [4.78, 5) is 40.3. The van der Waals surface area contributed by atoms with Crippen LogP contribution in [0.5, 0.6) is 0 Å². The van der Waals surface area contributed by atoms with Crippen LogP contribution in [0.3, 0.4) is 0 Å². The lowest BCUT2D eigenvalue weighted by Crippen LogP contribution is -2.36. The van der Waals surface area contributed by atoms with Crippen LogP contribution in [0.25, 0.3) is 0 Å². The van der Waals surface area contributed by atoms with E-state index in [2.05, 4.69) is 31.5 Å². The first-order valence-corrected chi connectivity index (χ1v) is 12.2. The van der Waals surface area contributed by atoms with Gasteiger partial charge in [-0.15, -0.1) is 0 Å². The molecule has 1 aromatic carbocycles. The number of anilines is 2. The molecule has 0 saturated carbocycles. The molecular formula is C24H26BrF5N4O5. The maximum Gasteiger partial charge on any atom is 0.471 e. The van der Waals surface area contributed by atoms with Gasteiger partial charge in [-0.1, -0.05) is 0 Å². The van der Waals surface area contributed by atoms with Gasteiger partial charge in [-0.3, -0.25) is 9.59 Å². The van der Waals surface area contributed by atoms with E-state index in [1.807, 2.05) is 0 Å². The minimum Gasteiger partial charge on any atom is -0.465 e. The van der Waals surface area contributed by atoms with Crippen molar-refractivity contribution in [2.45, 2.75) is 51.9 Å². The second kappa shape index (κ2) is 13.0. The molecule has 1 heterocycles. The van der Waals surface area contributed by atoms with E-state index >= 15 is 0 Å². The number of alkyl halides is 3. The number of hydrogen-bond acceptors (Lipinski definition) is 7. The summed E-state index contributed by atoms with van der Waals surface area (Å²) >= 11 is 3.17. The lowest BCUT2D eigenvalue weighted by Gasteiger charge is -2.25. The number of nitrogens with zero attached hydrogens (tertiary/aromatic N) is 1. The van der Waals surface area contributed by atoms with Gasteiger partial charge in [-0.2, -0.15) is 13.2 Å². The Balaban J connectivity index is 2.57. The number of aromatic nitrogens is 1. The number of alkyl carbamates (subject to hydrolysis) is 1. The Bertz CT molecular complexity index is 1200. The molecule has 39 heavy (non-hydrogen) atoms. The Morgan fingerprint density at radius 1 is 1.05 bits per heavy atom. The van der Waals surface area contributed by atoms with Crippen LogP contribution in [0.15, 0.2) is 28.7 Å². The summed E-state index contributed by atoms with van der Waals surface area (Å²) in [5, 5.41) is 6.70. The van der Waals surface area contributed by atoms with E-state index in [0.717, 1.165) is 18.2 Å². The summed E-state index contributed by atoms with van der Waals surface area (Å²) in [5.74, 6) is -5.21. The molecule has 0 bridgehead atoms. The number of carbonyl (C=O) groups is 3. The number of halogens is 6. The second-order valence-electron chi connectivity index (χ2n) is 9.04. The highest BCUT2D eigenvalue weighted by Gasteiger charge is 2.39. The van der Waals surface area contributed by atoms with Crippen molar-refractivity contribution in [3.63, 3.8) is 0 Å². The van der Waals surface area contributed by atoms with E-state index < -0.39 is 59.7 Å². The highest BCUT2D eigenvalue weighted by molar-refractivity contribution is 9.10. The number of rotatable bonds is 9. The third-order valence-electron chi connectivity index (χ3n) is 4.60. The number of nitrogens with one attached hydrogen (secondary N) is 3. The molecule has 2 amide bonds. The largest absolute Gasteiger partial charge is 0.471 e. The summed E-state index contributed by atoms with van der Waals surface area (Å²) < 4.78 is 76.5. The van der Waals surface area contributed by atoms with E-state index in [1.165, 1.54) is 0 Å². The second-order valence-corrected chi connectivity index (χ2v) is 9.90. The number of pyridine rings is 1. The van der Waals surface area contributed by atoms with Crippen molar-refractivity contribution < 1.29 is 45.8 Å². The minimum absolute atomic E-state index is 0.0135. The summed E-state index contributed by atoms with van der Waals surface area (Å²) in [6, 6.07) is 2.63. The predicted octanol–water partition coefficient (Wildman–Crippen LogP) is 5.41. The molecule has 0 radical (unpaired) electrons. The molecule has 0 aliphatic carbocycles. The minimum atomic E-state index is -5.23. The van der Waals surface area contributed by atoms with Gasteiger partial charge >= 0.3 is 24.1 Å². The van der Waals surface area contributed by atoms with E-state index in [1.54, 1.807) is 33.0 Å². The highest BCUT2D eigenvalue weighted by Crippen LogP contribution is 2.33. The van der Waals surface area contributed by atoms with Gasteiger partial charge in [0, 0.05) is 10.5 Å². The standard InChI is InChI=1S/C24H26BrF5N4O5/c1-5-38-18(35)11-31-20-17(32-21(36)24(28,29)30)10-15(25)19(34-20)16(33-22(37)39-23(2,3)4)8-12-6-13(26)9-14(27)7-12/h6-7,9-10,16H,5,8,11H2,1-4H3,(H,31,34)(H,32,36)(H,33,37)/t16-/m0/s1. The van der Waals surface area contributed by atoms with E-state index in [-0.39, 0.29) is 34.6 Å². The Morgan fingerprint density at radius 3 is 2.21 bits per heavy atom. The van der Waals surface area contributed by atoms with E-state index in [4.69, 9.17) is 9.47 Å². The first-order chi connectivity index (χ1) is 18.0. The number of esters is 1. The molecule has 0 saturated heterocycles. The molecule has 1 aromatic heterocycles. The topological polar surface area (TPSA) is 119 Å². The molecule has 0 aliphatic rings. The molecule has 0 fully saturated rings. The van der Waals surface area contributed by atoms with Gasteiger partial charge in [0.2, 0.25) is 0 Å². The molecule has 0 aliphatic heterocycles. The Hall–Kier alpha value is -3.49. The number of hydrogen-bond donors (Lipinski definition) is 3. The van der Waals surface area contributed by atoms with Crippen LogP contribution < -0.4 is 16.0 Å².